The molecule has 2 aromatic carbocycles. The van der Waals surface area contributed by atoms with Gasteiger partial charge in [0.25, 0.3) is 0 Å². The summed E-state index contributed by atoms with van der Waals surface area (Å²) < 4.78 is 6.48. The lowest BCUT2D eigenvalue weighted by molar-refractivity contribution is 0.0998. The van der Waals surface area contributed by atoms with E-state index in [-0.39, 0.29) is 22.7 Å². The molecule has 2 aromatic heterocycles. The van der Waals surface area contributed by atoms with Gasteiger partial charge in [0.15, 0.2) is 11.4 Å². The van der Waals surface area contributed by atoms with Gasteiger partial charge in [0.2, 0.25) is 11.6 Å². The summed E-state index contributed by atoms with van der Waals surface area (Å²) in [5, 5.41) is 11.8. The van der Waals surface area contributed by atoms with Gasteiger partial charge in [-0.3, -0.25) is 9.59 Å². The normalized spacial score (nSPS) is 10.7. The van der Waals surface area contributed by atoms with Crippen molar-refractivity contribution >= 4 is 11.6 Å². The molecular formula is C20H14N4O3. The highest BCUT2D eigenvalue weighted by atomic mass is 16.5. The molecule has 0 fully saturated rings. The molecule has 0 radical (unpaired) electrons. The molecule has 0 aliphatic carbocycles. The van der Waals surface area contributed by atoms with Crippen LogP contribution in [0.25, 0.3) is 5.69 Å². The Morgan fingerprint density at radius 3 is 2.26 bits per heavy atom. The molecule has 132 valence electrons. The van der Waals surface area contributed by atoms with Crippen LogP contribution in [0.5, 0.6) is 0 Å². The van der Waals surface area contributed by atoms with E-state index in [0.717, 1.165) is 5.69 Å². The zero-order chi connectivity index (χ0) is 18.8. The van der Waals surface area contributed by atoms with Crippen LogP contribution in [0.4, 0.5) is 0 Å². The van der Waals surface area contributed by atoms with Gasteiger partial charge in [0.05, 0.1) is 16.9 Å². The molecule has 7 heteroatoms. The van der Waals surface area contributed by atoms with E-state index in [0.29, 0.717) is 11.3 Å². The number of benzene rings is 2. The first kappa shape index (κ1) is 16.6. The minimum absolute atomic E-state index is 0.0418. The third-order valence-corrected chi connectivity index (χ3v) is 4.18. The molecule has 0 saturated carbocycles. The molecule has 0 bridgehead atoms. The Balaban J connectivity index is 1.71. The molecule has 4 rings (SSSR count). The Bertz CT molecular complexity index is 1110. The summed E-state index contributed by atoms with van der Waals surface area (Å²) in [5.41, 5.74) is 1.93. The van der Waals surface area contributed by atoms with Crippen LogP contribution in [0.1, 0.15) is 37.8 Å². The van der Waals surface area contributed by atoms with E-state index in [1.807, 2.05) is 30.3 Å². The van der Waals surface area contributed by atoms with Crippen molar-refractivity contribution in [1.82, 2.24) is 20.2 Å². The predicted octanol–water partition coefficient (Wildman–Crippen LogP) is 3.03. The summed E-state index contributed by atoms with van der Waals surface area (Å²) in [4.78, 5) is 25.6. The number of hydrogen-bond acceptors (Lipinski definition) is 6. The van der Waals surface area contributed by atoms with Gasteiger partial charge in [0.1, 0.15) is 6.26 Å². The lowest BCUT2D eigenvalue weighted by Gasteiger charge is -2.03. The molecule has 0 unspecified atom stereocenters. The fraction of sp³-hybridized carbons (Fsp3) is 0.0500. The average Bonchev–Trinajstić information content (AvgIpc) is 3.35. The molecule has 27 heavy (non-hydrogen) atoms. The molecule has 0 aliphatic heterocycles. The number of aromatic nitrogens is 4. The molecular weight excluding hydrogens is 344 g/mol. The van der Waals surface area contributed by atoms with Crippen molar-refractivity contribution in [1.29, 1.82) is 0 Å². The van der Waals surface area contributed by atoms with Gasteiger partial charge in [-0.15, -0.1) is 5.10 Å². The fourth-order valence-corrected chi connectivity index (χ4v) is 2.77. The van der Waals surface area contributed by atoms with Crippen LogP contribution in [-0.2, 0) is 0 Å². The van der Waals surface area contributed by atoms with Gasteiger partial charge in [-0.2, -0.15) is 0 Å². The summed E-state index contributed by atoms with van der Waals surface area (Å²) in [6, 6.07) is 17.9. The van der Waals surface area contributed by atoms with Crippen molar-refractivity contribution in [2.24, 2.45) is 0 Å². The van der Waals surface area contributed by atoms with Crippen LogP contribution in [0.15, 0.2) is 71.4 Å². The van der Waals surface area contributed by atoms with Crippen molar-refractivity contribution in [2.45, 2.75) is 6.92 Å². The molecule has 0 spiro atoms. The van der Waals surface area contributed by atoms with Crippen molar-refractivity contribution in [3.63, 3.8) is 0 Å². The van der Waals surface area contributed by atoms with Crippen molar-refractivity contribution in [3.8, 4) is 5.69 Å². The number of rotatable bonds is 5. The standard InChI is InChI=1S/C20H14N4O3/c1-13-17(21-23-24(13)15-10-6-3-7-11-15)20(26)16-12-27-22-18(16)19(25)14-8-4-2-5-9-14/h2-12H,1H3. The number of carbonyl (C=O) groups is 2. The first-order chi connectivity index (χ1) is 13.2. The van der Waals surface area contributed by atoms with Crippen LogP contribution in [0.3, 0.4) is 0 Å². The molecule has 0 N–H and O–H groups in total. The van der Waals surface area contributed by atoms with E-state index < -0.39 is 5.78 Å². The van der Waals surface area contributed by atoms with Crippen LogP contribution >= 0.6 is 0 Å². The van der Waals surface area contributed by atoms with E-state index in [1.165, 1.54) is 6.26 Å². The zero-order valence-electron chi connectivity index (χ0n) is 14.4. The minimum Gasteiger partial charge on any atom is -0.363 e. The van der Waals surface area contributed by atoms with E-state index in [1.54, 1.807) is 41.9 Å². The maximum absolute atomic E-state index is 13.0. The Morgan fingerprint density at radius 1 is 0.889 bits per heavy atom. The first-order valence-corrected chi connectivity index (χ1v) is 8.23. The molecule has 0 saturated heterocycles. The Labute approximate surface area is 154 Å². The van der Waals surface area contributed by atoms with Crippen molar-refractivity contribution < 1.29 is 14.1 Å². The highest BCUT2D eigenvalue weighted by Gasteiger charge is 2.27. The largest absolute Gasteiger partial charge is 0.363 e. The average molecular weight is 358 g/mol. The summed E-state index contributed by atoms with van der Waals surface area (Å²) in [7, 11) is 0. The van der Waals surface area contributed by atoms with E-state index in [4.69, 9.17) is 4.52 Å². The van der Waals surface area contributed by atoms with E-state index in [2.05, 4.69) is 15.5 Å². The Morgan fingerprint density at radius 2 is 1.56 bits per heavy atom. The first-order valence-electron chi connectivity index (χ1n) is 8.23. The fourth-order valence-electron chi connectivity index (χ4n) is 2.77. The monoisotopic (exact) mass is 358 g/mol. The second-order valence-electron chi connectivity index (χ2n) is 5.87. The third-order valence-electron chi connectivity index (χ3n) is 4.18. The van der Waals surface area contributed by atoms with Crippen LogP contribution in [0, 0.1) is 6.92 Å². The second kappa shape index (κ2) is 6.80. The van der Waals surface area contributed by atoms with Crippen LogP contribution < -0.4 is 0 Å². The van der Waals surface area contributed by atoms with Crippen LogP contribution in [0.2, 0.25) is 0 Å². The Kier molecular flexibility index (Phi) is 4.18. The smallest absolute Gasteiger partial charge is 0.220 e. The van der Waals surface area contributed by atoms with Gasteiger partial charge in [-0.25, -0.2) is 4.68 Å². The SMILES string of the molecule is Cc1c(C(=O)c2conc2C(=O)c2ccccc2)nnn1-c1ccccc1. The lowest BCUT2D eigenvalue weighted by Crippen LogP contribution is -2.11. The molecule has 0 amide bonds. The highest BCUT2D eigenvalue weighted by molar-refractivity contribution is 6.18. The number of hydrogen-bond donors (Lipinski definition) is 0. The number of para-hydroxylation sites is 1. The summed E-state index contributed by atoms with van der Waals surface area (Å²) >= 11 is 0. The quantitative estimate of drug-likeness (QED) is 0.509. The summed E-state index contributed by atoms with van der Waals surface area (Å²) in [6.45, 7) is 1.74. The van der Waals surface area contributed by atoms with Gasteiger partial charge in [-0.05, 0) is 19.1 Å². The number of ketones is 2. The van der Waals surface area contributed by atoms with E-state index in [9.17, 15) is 9.59 Å². The van der Waals surface area contributed by atoms with Gasteiger partial charge in [0, 0.05) is 5.56 Å². The topological polar surface area (TPSA) is 90.9 Å². The molecule has 0 aliphatic rings. The maximum atomic E-state index is 13.0. The molecule has 2 heterocycles. The van der Waals surface area contributed by atoms with Gasteiger partial charge in [-0.1, -0.05) is 58.9 Å². The summed E-state index contributed by atoms with van der Waals surface area (Å²) in [5.74, 6) is -0.851. The highest BCUT2D eigenvalue weighted by Crippen LogP contribution is 2.19. The number of nitrogens with zero attached hydrogens (tertiary/aromatic N) is 4. The van der Waals surface area contributed by atoms with Crippen molar-refractivity contribution in [2.75, 3.05) is 0 Å². The maximum Gasteiger partial charge on any atom is 0.220 e. The minimum atomic E-state index is -0.463. The predicted molar refractivity (Wildman–Crippen MR) is 95.9 cm³/mol. The lowest BCUT2D eigenvalue weighted by atomic mass is 10.0. The van der Waals surface area contributed by atoms with Crippen molar-refractivity contribution in [3.05, 3.63) is 95.1 Å². The second-order valence-corrected chi connectivity index (χ2v) is 5.87. The van der Waals surface area contributed by atoms with Gasteiger partial charge >= 0.3 is 0 Å². The number of carbonyl (C=O) groups excluding carboxylic acids is 2. The molecule has 7 nitrogen and oxygen atoms in total. The zero-order valence-corrected chi connectivity index (χ0v) is 14.4. The van der Waals surface area contributed by atoms with Gasteiger partial charge < -0.3 is 4.52 Å². The summed E-state index contributed by atoms with van der Waals surface area (Å²) in [6.07, 6.45) is 1.17. The van der Waals surface area contributed by atoms with E-state index >= 15 is 0 Å². The van der Waals surface area contributed by atoms with Crippen LogP contribution in [-0.4, -0.2) is 31.7 Å². The molecule has 0 atom stereocenters. The Hall–Kier alpha value is -3.87. The molecule has 4 aromatic rings. The third kappa shape index (κ3) is 2.95.